The number of carbonyl (C=O) groups is 2. The number of epoxide rings is 1. The van der Waals surface area contributed by atoms with Gasteiger partial charge < -0.3 is 49.8 Å². The first-order chi connectivity index (χ1) is 26.1. The highest BCUT2D eigenvalue weighted by molar-refractivity contribution is 5.70. The minimum atomic E-state index is -1.46. The van der Waals surface area contributed by atoms with E-state index in [0.29, 0.717) is 12.1 Å². The summed E-state index contributed by atoms with van der Waals surface area (Å²) in [6, 6.07) is 8.14. The van der Waals surface area contributed by atoms with Crippen molar-refractivity contribution >= 4 is 17.6 Å². The number of ether oxygens (including phenoxy) is 4. The molecule has 0 saturated carbocycles. The van der Waals surface area contributed by atoms with Gasteiger partial charge in [0.2, 0.25) is 0 Å². The van der Waals surface area contributed by atoms with E-state index in [2.05, 4.69) is 53.6 Å². The van der Waals surface area contributed by atoms with Gasteiger partial charge in [-0.05, 0) is 82.3 Å². The lowest BCUT2D eigenvalue weighted by Gasteiger charge is -2.32. The normalized spacial score (nSPS) is 31.9. The first kappa shape index (κ1) is 44.6. The van der Waals surface area contributed by atoms with Crippen LogP contribution in [0, 0.1) is 11.8 Å². The molecule has 308 valence electrons. The number of hydrogen-bond donors (Lipinski definition) is 5. The van der Waals surface area contributed by atoms with E-state index in [9.17, 15) is 24.9 Å². The molecule has 11 atom stereocenters. The van der Waals surface area contributed by atoms with E-state index < -0.39 is 47.5 Å². The van der Waals surface area contributed by atoms with Gasteiger partial charge in [0.05, 0.1) is 36.4 Å². The number of hydrogen-bond acceptors (Lipinski definition) is 12. The number of anilines is 1. The van der Waals surface area contributed by atoms with Crippen molar-refractivity contribution in [2.75, 3.05) is 38.2 Å². The Morgan fingerprint density at radius 3 is 2.58 bits per heavy atom. The molecule has 0 aromatic heterocycles. The predicted octanol–water partition coefficient (Wildman–Crippen LogP) is 4.36. The molecule has 0 spiro atoms. The molecule has 12 heteroatoms. The summed E-state index contributed by atoms with van der Waals surface area (Å²) in [5.74, 6) is -1.36. The van der Waals surface area contributed by atoms with E-state index in [4.69, 9.17) is 18.9 Å². The Morgan fingerprint density at radius 1 is 1.18 bits per heavy atom. The van der Waals surface area contributed by atoms with Crippen LogP contribution in [-0.2, 0) is 35.1 Å². The van der Waals surface area contributed by atoms with Crippen molar-refractivity contribution in [2.24, 2.45) is 11.8 Å². The average molecular weight is 770 g/mol. The number of carbonyl (C=O) groups excluding carboxylic acids is 2. The number of rotatable bonds is 14. The number of nitrogens with one attached hydrogen (secondary N) is 2. The van der Waals surface area contributed by atoms with Crippen LogP contribution in [0.15, 0.2) is 60.2 Å². The molecule has 3 unspecified atom stereocenters. The Morgan fingerprint density at radius 2 is 1.91 bits per heavy atom. The maximum absolute atomic E-state index is 13.0. The van der Waals surface area contributed by atoms with Crippen LogP contribution >= 0.6 is 0 Å². The van der Waals surface area contributed by atoms with Gasteiger partial charge in [0, 0.05) is 57.7 Å². The summed E-state index contributed by atoms with van der Waals surface area (Å²) >= 11 is 0. The zero-order chi connectivity index (χ0) is 40.3. The van der Waals surface area contributed by atoms with Gasteiger partial charge in [-0.1, -0.05) is 57.2 Å². The second-order valence-electron chi connectivity index (χ2n) is 16.2. The molecule has 3 heterocycles. The SMILES string of the molecule is CC[C@H](OC)[C@@H](C)[C@H]1O[C@@H]1C(NCc1ccc(N2CCCNCC2)cc1)C(C)(O)/C=C/C=C(\C)C1OC(=O)C[C@H](O)CC[C@@](C)(O)[C@@H](OC(C)=O)/C=C/[C@@H]1C. The molecule has 1 aromatic rings. The fourth-order valence-corrected chi connectivity index (χ4v) is 7.83. The third-order valence-corrected chi connectivity index (χ3v) is 11.4. The summed E-state index contributed by atoms with van der Waals surface area (Å²) in [4.78, 5) is 27.3. The molecule has 4 rings (SSSR count). The second kappa shape index (κ2) is 20.4. The summed E-state index contributed by atoms with van der Waals surface area (Å²) in [5, 5.41) is 40.9. The fraction of sp³-hybridized carbons (Fsp3) is 0.674. The summed E-state index contributed by atoms with van der Waals surface area (Å²) in [6.07, 6.45) is 7.60. The topological polar surface area (TPSA) is 162 Å². The standard InChI is InChI=1S/C43H67N3O9/c1-9-35(52-8)30(4)39-40(55-39)41(45-27-32-14-16-33(17-15-32)46-24-11-22-44-23-25-46)43(7,51)20-10-12-28(2)38-29(3)13-18-36(53-31(5)47)42(6,50)21-19-34(48)26-37(49)54-38/h10,12-18,20,29-30,34-36,38-41,44-45,48,50-51H,9,11,19,21-27H2,1-8H3/b18-13+,20-10+,28-12+/t29-,30+,34+,35-,36-,38?,39+,40-,41?,42+,43?/m0/s1. The molecule has 5 N–H and O–H groups in total. The van der Waals surface area contributed by atoms with Gasteiger partial charge in [-0.15, -0.1) is 0 Å². The van der Waals surface area contributed by atoms with E-state index in [-0.39, 0.29) is 49.4 Å². The van der Waals surface area contributed by atoms with Crippen molar-refractivity contribution in [2.45, 2.75) is 141 Å². The molecule has 0 amide bonds. The molecule has 0 aliphatic carbocycles. The van der Waals surface area contributed by atoms with Crippen LogP contribution in [0.2, 0.25) is 0 Å². The highest BCUT2D eigenvalue weighted by atomic mass is 16.6. The van der Waals surface area contributed by atoms with E-state index in [1.165, 1.54) is 12.6 Å². The number of benzene rings is 1. The van der Waals surface area contributed by atoms with E-state index in [1.807, 2.05) is 13.8 Å². The molecule has 12 nitrogen and oxygen atoms in total. The molecule has 0 bridgehead atoms. The van der Waals surface area contributed by atoms with Crippen LogP contribution < -0.4 is 15.5 Å². The molecular weight excluding hydrogens is 702 g/mol. The number of aliphatic hydroxyl groups excluding tert-OH is 1. The third-order valence-electron chi connectivity index (χ3n) is 11.4. The number of nitrogens with zero attached hydrogens (tertiary/aromatic N) is 1. The molecule has 3 aliphatic heterocycles. The minimum absolute atomic E-state index is 0.0321. The highest BCUT2D eigenvalue weighted by Crippen LogP contribution is 2.39. The zero-order valence-corrected chi connectivity index (χ0v) is 34.2. The average Bonchev–Trinajstić information content (AvgIpc) is 3.96. The number of aliphatic hydroxyl groups is 3. The summed E-state index contributed by atoms with van der Waals surface area (Å²) < 4.78 is 23.4. The number of methoxy groups -OCH3 is 1. The van der Waals surface area contributed by atoms with Gasteiger partial charge in [-0.3, -0.25) is 9.59 Å². The number of esters is 2. The number of cyclic esters (lactones) is 1. The van der Waals surface area contributed by atoms with Gasteiger partial charge >= 0.3 is 11.9 Å². The lowest BCUT2D eigenvalue weighted by atomic mass is 9.87. The molecule has 1 aromatic carbocycles. The lowest BCUT2D eigenvalue weighted by molar-refractivity contribution is -0.157. The smallest absolute Gasteiger partial charge is 0.309 e. The molecular formula is C43H67N3O9. The molecule has 0 radical (unpaired) electrons. The van der Waals surface area contributed by atoms with Gasteiger partial charge in [0.25, 0.3) is 0 Å². The van der Waals surface area contributed by atoms with E-state index in [1.54, 1.807) is 51.3 Å². The van der Waals surface area contributed by atoms with Gasteiger partial charge in [0.1, 0.15) is 23.9 Å². The first-order valence-electron chi connectivity index (χ1n) is 20.1. The Kier molecular flexibility index (Phi) is 16.5. The van der Waals surface area contributed by atoms with E-state index in [0.717, 1.165) is 44.6 Å². The predicted molar refractivity (Wildman–Crippen MR) is 213 cm³/mol. The quantitative estimate of drug-likeness (QED) is 0.0789. The van der Waals surface area contributed by atoms with Crippen LogP contribution in [0.25, 0.3) is 0 Å². The van der Waals surface area contributed by atoms with Crippen molar-refractivity contribution in [1.29, 1.82) is 0 Å². The fourth-order valence-electron chi connectivity index (χ4n) is 7.83. The van der Waals surface area contributed by atoms with Crippen LogP contribution in [0.5, 0.6) is 0 Å². The molecule has 2 saturated heterocycles. The van der Waals surface area contributed by atoms with Gasteiger partial charge in [-0.25, -0.2) is 0 Å². The van der Waals surface area contributed by atoms with Crippen molar-refractivity contribution in [3.05, 3.63) is 65.8 Å². The summed E-state index contributed by atoms with van der Waals surface area (Å²) in [6.45, 7) is 17.1. The van der Waals surface area contributed by atoms with Crippen molar-refractivity contribution in [3.63, 3.8) is 0 Å². The molecule has 3 aliphatic rings. The Bertz CT molecular complexity index is 1460. The van der Waals surface area contributed by atoms with Crippen LogP contribution in [0.3, 0.4) is 0 Å². The van der Waals surface area contributed by atoms with Crippen LogP contribution in [0.1, 0.15) is 86.1 Å². The minimum Gasteiger partial charge on any atom is -0.457 e. The maximum atomic E-state index is 13.0. The van der Waals surface area contributed by atoms with E-state index >= 15 is 0 Å². The first-order valence-corrected chi connectivity index (χ1v) is 20.1. The number of allylic oxidation sites excluding steroid dienone is 2. The van der Waals surface area contributed by atoms with Gasteiger partial charge in [0.15, 0.2) is 0 Å². The van der Waals surface area contributed by atoms with Crippen LogP contribution in [0.4, 0.5) is 5.69 Å². The zero-order valence-electron chi connectivity index (χ0n) is 34.2. The van der Waals surface area contributed by atoms with Crippen molar-refractivity contribution in [1.82, 2.24) is 10.6 Å². The van der Waals surface area contributed by atoms with Crippen molar-refractivity contribution < 1.29 is 43.9 Å². The Balaban J connectivity index is 1.55. The largest absolute Gasteiger partial charge is 0.457 e. The second-order valence-corrected chi connectivity index (χ2v) is 16.2. The molecule has 55 heavy (non-hydrogen) atoms. The lowest BCUT2D eigenvalue weighted by Crippen LogP contribution is -2.52. The maximum Gasteiger partial charge on any atom is 0.309 e. The van der Waals surface area contributed by atoms with Crippen molar-refractivity contribution in [3.8, 4) is 0 Å². The Hall–Kier alpha value is -3.10. The monoisotopic (exact) mass is 769 g/mol. The Labute approximate surface area is 328 Å². The summed E-state index contributed by atoms with van der Waals surface area (Å²) in [5.41, 5.74) is 0.201. The third kappa shape index (κ3) is 13.0. The summed E-state index contributed by atoms with van der Waals surface area (Å²) in [7, 11) is 1.72. The highest BCUT2D eigenvalue weighted by Gasteiger charge is 2.54. The van der Waals surface area contributed by atoms with Crippen LogP contribution in [-0.4, -0.2) is 114 Å². The van der Waals surface area contributed by atoms with Gasteiger partial charge in [-0.2, -0.15) is 0 Å². The molecule has 2 fully saturated rings.